The van der Waals surface area contributed by atoms with Gasteiger partial charge in [0.25, 0.3) is 0 Å². The first kappa shape index (κ1) is 23.4. The Kier molecular flexibility index (Phi) is 6.91. The van der Waals surface area contributed by atoms with Crippen LogP contribution < -0.4 is 5.73 Å². The second-order valence-electron chi connectivity index (χ2n) is 8.76. The number of carbonyl (C=O) groups is 2. The van der Waals surface area contributed by atoms with Gasteiger partial charge in [0.2, 0.25) is 0 Å². The standard InChI is InChI=1S/C27H30N4O3/c1-4-5-11-23-30-24-25(20-13-12-19(27(33)34-3)15-21(20)29-26(24)28)31(23)16-17(2)14-22(32)18-9-7-6-8-10-18/h6-10,12-13,15,17H,4-5,11,14,16H2,1-3H3,(H2,28,29). The van der Waals surface area contributed by atoms with Gasteiger partial charge in [-0.1, -0.05) is 50.6 Å². The number of benzene rings is 2. The van der Waals surface area contributed by atoms with E-state index in [1.807, 2.05) is 36.4 Å². The van der Waals surface area contributed by atoms with E-state index in [2.05, 4.69) is 23.4 Å². The molecule has 0 radical (unpaired) electrons. The minimum Gasteiger partial charge on any atom is -0.465 e. The molecule has 2 aromatic carbocycles. The molecule has 0 saturated carbocycles. The number of fused-ring (bicyclic) bond motifs is 3. The number of ketones is 1. The molecule has 7 nitrogen and oxygen atoms in total. The summed E-state index contributed by atoms with van der Waals surface area (Å²) in [6.07, 6.45) is 3.29. The number of methoxy groups -OCH3 is 1. The molecule has 0 saturated heterocycles. The van der Waals surface area contributed by atoms with Crippen LogP contribution in [0.2, 0.25) is 0 Å². The number of aromatic nitrogens is 3. The summed E-state index contributed by atoms with van der Waals surface area (Å²) in [4.78, 5) is 34.2. The third-order valence-corrected chi connectivity index (χ3v) is 6.08. The highest BCUT2D eigenvalue weighted by molar-refractivity contribution is 6.08. The fraction of sp³-hybridized carbons (Fsp3) is 0.333. The van der Waals surface area contributed by atoms with Gasteiger partial charge < -0.3 is 15.0 Å². The molecule has 1 unspecified atom stereocenters. The highest BCUT2D eigenvalue weighted by atomic mass is 16.5. The summed E-state index contributed by atoms with van der Waals surface area (Å²) in [6, 6.07) is 14.7. The van der Waals surface area contributed by atoms with Crippen molar-refractivity contribution in [1.29, 1.82) is 0 Å². The van der Waals surface area contributed by atoms with Gasteiger partial charge in [-0.05, 0) is 30.5 Å². The van der Waals surface area contributed by atoms with E-state index in [1.54, 1.807) is 12.1 Å². The van der Waals surface area contributed by atoms with Gasteiger partial charge in [0, 0.05) is 30.3 Å². The first-order valence-corrected chi connectivity index (χ1v) is 11.7. The fourth-order valence-corrected chi connectivity index (χ4v) is 4.36. The lowest BCUT2D eigenvalue weighted by Gasteiger charge is -2.16. The number of esters is 1. The van der Waals surface area contributed by atoms with Crippen molar-refractivity contribution in [3.8, 4) is 0 Å². The maximum Gasteiger partial charge on any atom is 0.337 e. The highest BCUT2D eigenvalue weighted by Crippen LogP contribution is 2.31. The van der Waals surface area contributed by atoms with E-state index in [0.717, 1.165) is 41.6 Å². The summed E-state index contributed by atoms with van der Waals surface area (Å²) in [7, 11) is 1.35. The number of rotatable bonds is 9. The normalized spacial score (nSPS) is 12.2. The van der Waals surface area contributed by atoms with Gasteiger partial charge >= 0.3 is 5.97 Å². The summed E-state index contributed by atoms with van der Waals surface area (Å²) in [5.74, 6) is 1.06. The predicted octanol–water partition coefficient (Wildman–Crippen LogP) is 5.21. The molecule has 7 heteroatoms. The molecular weight excluding hydrogens is 428 g/mol. The van der Waals surface area contributed by atoms with Crippen molar-refractivity contribution >= 4 is 39.5 Å². The van der Waals surface area contributed by atoms with Crippen LogP contribution in [0.5, 0.6) is 0 Å². The van der Waals surface area contributed by atoms with Gasteiger partial charge in [-0.15, -0.1) is 0 Å². The van der Waals surface area contributed by atoms with Crippen molar-refractivity contribution in [3.05, 3.63) is 65.5 Å². The third kappa shape index (κ3) is 4.64. The molecule has 34 heavy (non-hydrogen) atoms. The Morgan fingerprint density at radius 1 is 1.09 bits per heavy atom. The lowest BCUT2D eigenvalue weighted by molar-refractivity contribution is 0.0600. The zero-order chi connectivity index (χ0) is 24.2. The van der Waals surface area contributed by atoms with Crippen LogP contribution >= 0.6 is 0 Å². The Balaban J connectivity index is 1.77. The highest BCUT2D eigenvalue weighted by Gasteiger charge is 2.21. The molecule has 0 spiro atoms. The number of pyridine rings is 1. The maximum atomic E-state index is 12.8. The second kappa shape index (κ2) is 10.0. The fourth-order valence-electron chi connectivity index (χ4n) is 4.36. The van der Waals surface area contributed by atoms with Crippen LogP contribution in [0, 0.1) is 5.92 Å². The minimum atomic E-state index is -0.424. The Morgan fingerprint density at radius 3 is 2.56 bits per heavy atom. The minimum absolute atomic E-state index is 0.0873. The molecular formula is C27H30N4O3. The molecule has 1 atom stereocenters. The number of Topliss-reactive ketones (excluding diaryl/α,β-unsaturated/α-hetero) is 1. The Morgan fingerprint density at radius 2 is 1.85 bits per heavy atom. The summed E-state index contributed by atoms with van der Waals surface area (Å²) >= 11 is 0. The van der Waals surface area contributed by atoms with Crippen LogP contribution in [0.15, 0.2) is 48.5 Å². The molecule has 0 fully saturated rings. The first-order valence-electron chi connectivity index (χ1n) is 11.7. The zero-order valence-electron chi connectivity index (χ0n) is 19.9. The topological polar surface area (TPSA) is 100 Å². The van der Waals surface area contributed by atoms with Crippen LogP contribution in [0.3, 0.4) is 0 Å². The molecule has 2 aromatic heterocycles. The third-order valence-electron chi connectivity index (χ3n) is 6.08. The number of aryl methyl sites for hydroxylation is 1. The zero-order valence-corrected chi connectivity index (χ0v) is 19.9. The summed E-state index contributed by atoms with van der Waals surface area (Å²) in [5, 5.41) is 0.869. The molecule has 0 bridgehead atoms. The lowest BCUT2D eigenvalue weighted by atomic mass is 9.99. The van der Waals surface area contributed by atoms with Crippen molar-refractivity contribution in [3.63, 3.8) is 0 Å². The molecule has 0 amide bonds. The van der Waals surface area contributed by atoms with E-state index in [4.69, 9.17) is 15.5 Å². The van der Waals surface area contributed by atoms with Gasteiger partial charge in [-0.3, -0.25) is 4.79 Å². The van der Waals surface area contributed by atoms with Crippen LogP contribution in [0.25, 0.3) is 21.9 Å². The van der Waals surface area contributed by atoms with Gasteiger partial charge in [-0.2, -0.15) is 0 Å². The quantitative estimate of drug-likeness (QED) is 0.273. The van der Waals surface area contributed by atoms with Gasteiger partial charge in [-0.25, -0.2) is 14.8 Å². The van der Waals surface area contributed by atoms with Crippen molar-refractivity contribution in [2.75, 3.05) is 12.8 Å². The summed E-state index contributed by atoms with van der Waals surface area (Å²) in [6.45, 7) is 4.86. The van der Waals surface area contributed by atoms with E-state index in [9.17, 15) is 9.59 Å². The van der Waals surface area contributed by atoms with Crippen molar-refractivity contribution < 1.29 is 14.3 Å². The van der Waals surface area contributed by atoms with Crippen LogP contribution in [-0.4, -0.2) is 33.4 Å². The number of hydrogen-bond donors (Lipinski definition) is 1. The maximum absolute atomic E-state index is 12.8. The Bertz CT molecular complexity index is 1340. The summed E-state index contributed by atoms with van der Waals surface area (Å²) < 4.78 is 7.04. The van der Waals surface area contributed by atoms with E-state index < -0.39 is 5.97 Å². The van der Waals surface area contributed by atoms with Crippen LogP contribution in [0.4, 0.5) is 5.82 Å². The number of hydrogen-bond acceptors (Lipinski definition) is 6. The summed E-state index contributed by atoms with van der Waals surface area (Å²) in [5.41, 5.74) is 9.63. The smallest absolute Gasteiger partial charge is 0.337 e. The van der Waals surface area contributed by atoms with Gasteiger partial charge in [0.05, 0.1) is 23.7 Å². The van der Waals surface area contributed by atoms with Gasteiger partial charge in [0.15, 0.2) is 11.6 Å². The molecule has 0 aliphatic carbocycles. The number of unbranched alkanes of at least 4 members (excludes halogenated alkanes) is 1. The largest absolute Gasteiger partial charge is 0.465 e. The predicted molar refractivity (Wildman–Crippen MR) is 134 cm³/mol. The van der Waals surface area contributed by atoms with Crippen molar-refractivity contribution in [1.82, 2.24) is 14.5 Å². The molecule has 4 rings (SSSR count). The number of nitrogen functional groups attached to an aromatic ring is 1. The Labute approximate surface area is 199 Å². The molecule has 2 N–H and O–H groups in total. The number of imidazole rings is 1. The van der Waals surface area contributed by atoms with E-state index in [0.29, 0.717) is 35.4 Å². The lowest BCUT2D eigenvalue weighted by Crippen LogP contribution is -2.15. The van der Waals surface area contributed by atoms with Gasteiger partial charge in [0.1, 0.15) is 11.3 Å². The number of anilines is 1. The number of ether oxygens (including phenoxy) is 1. The second-order valence-corrected chi connectivity index (χ2v) is 8.76. The molecule has 176 valence electrons. The number of nitrogens with two attached hydrogens (primary N) is 1. The molecule has 4 aromatic rings. The average Bonchev–Trinajstić information content (AvgIpc) is 3.21. The molecule has 2 heterocycles. The SMILES string of the molecule is CCCCc1nc2c(N)nc3cc(C(=O)OC)ccc3c2n1CC(C)CC(=O)c1ccccc1. The van der Waals surface area contributed by atoms with Crippen LogP contribution in [0.1, 0.15) is 59.7 Å². The van der Waals surface area contributed by atoms with E-state index in [1.165, 1.54) is 7.11 Å². The number of nitrogens with zero attached hydrogens (tertiary/aromatic N) is 3. The monoisotopic (exact) mass is 458 g/mol. The molecule has 0 aliphatic heterocycles. The molecule has 0 aliphatic rings. The van der Waals surface area contributed by atoms with E-state index >= 15 is 0 Å². The van der Waals surface area contributed by atoms with Crippen molar-refractivity contribution in [2.24, 2.45) is 5.92 Å². The Hall–Kier alpha value is -3.74. The number of carbonyl (C=O) groups excluding carboxylic acids is 2. The average molecular weight is 459 g/mol. The first-order chi connectivity index (χ1) is 16.4. The van der Waals surface area contributed by atoms with E-state index in [-0.39, 0.29) is 11.7 Å². The van der Waals surface area contributed by atoms with Crippen LogP contribution in [-0.2, 0) is 17.7 Å². The van der Waals surface area contributed by atoms with Crippen molar-refractivity contribution in [2.45, 2.75) is 46.1 Å².